The van der Waals surface area contributed by atoms with Crippen molar-refractivity contribution in [2.45, 2.75) is 5.92 Å². The van der Waals surface area contributed by atoms with Crippen molar-refractivity contribution in [3.05, 3.63) is 70.6 Å². The van der Waals surface area contributed by atoms with Crippen LogP contribution < -0.4 is 5.32 Å². The second-order valence-corrected chi connectivity index (χ2v) is 8.11. The minimum Gasteiger partial charge on any atom is -0.468 e. The average molecular weight is 417 g/mol. The molecule has 158 valence electrons. The van der Waals surface area contributed by atoms with E-state index >= 15 is 0 Å². The van der Waals surface area contributed by atoms with Gasteiger partial charge in [0.05, 0.1) is 18.6 Å². The average Bonchev–Trinajstić information content (AvgIpc) is 3.47. The number of fused-ring (bicyclic) bond motifs is 2. The molecule has 31 heavy (non-hydrogen) atoms. The zero-order chi connectivity index (χ0) is 21.9. The highest BCUT2D eigenvalue weighted by Gasteiger charge is 2.48. The Hall–Kier alpha value is -3.45. The molecular formula is C24H23N3O4. The Morgan fingerprint density at radius 2 is 1.97 bits per heavy atom. The number of carbonyl (C=O) groups excluding carboxylic acids is 3. The standard InChI is InChI=1S/C24H23N3O4/c1-26-12-16(14-6-4-5-7-17(14)26)20-21-18(10-15(22(20)28)24(30)31-3)27(2)23(29)19(21)13-8-9-25-11-13/h4-8,10,12,15,20,25H,9,11H2,1-3H3. The van der Waals surface area contributed by atoms with Gasteiger partial charge in [0.1, 0.15) is 5.92 Å². The van der Waals surface area contributed by atoms with Crippen LogP contribution in [0.2, 0.25) is 0 Å². The first-order chi connectivity index (χ1) is 14.9. The normalized spacial score (nSPS) is 23.4. The second kappa shape index (κ2) is 7.06. The Morgan fingerprint density at radius 3 is 2.68 bits per heavy atom. The number of aromatic nitrogens is 1. The topological polar surface area (TPSA) is 80.6 Å². The van der Waals surface area contributed by atoms with E-state index in [-0.39, 0.29) is 11.7 Å². The molecule has 1 aromatic heterocycles. The van der Waals surface area contributed by atoms with Crippen molar-refractivity contribution in [3.8, 4) is 0 Å². The number of Topliss-reactive ketones (excluding diaryl/α,β-unsaturated/α-hetero) is 1. The molecule has 0 spiro atoms. The van der Waals surface area contributed by atoms with Crippen molar-refractivity contribution in [3.63, 3.8) is 0 Å². The quantitative estimate of drug-likeness (QED) is 0.609. The van der Waals surface area contributed by atoms with Gasteiger partial charge in [0.25, 0.3) is 5.91 Å². The van der Waals surface area contributed by atoms with E-state index in [2.05, 4.69) is 5.32 Å². The Labute approximate surface area is 179 Å². The number of rotatable bonds is 3. The summed E-state index contributed by atoms with van der Waals surface area (Å²) in [5, 5.41) is 4.17. The lowest BCUT2D eigenvalue weighted by Gasteiger charge is -2.29. The number of nitrogens with one attached hydrogen (secondary N) is 1. The number of allylic oxidation sites excluding steroid dienone is 1. The van der Waals surface area contributed by atoms with E-state index in [1.165, 1.54) is 7.11 Å². The predicted octanol–water partition coefficient (Wildman–Crippen LogP) is 1.82. The van der Waals surface area contributed by atoms with Crippen LogP contribution in [-0.4, -0.2) is 54.4 Å². The number of amides is 1. The van der Waals surface area contributed by atoms with Crippen LogP contribution in [0.4, 0.5) is 0 Å². The zero-order valence-corrected chi connectivity index (χ0v) is 17.6. The van der Waals surface area contributed by atoms with Crippen molar-refractivity contribution in [2.75, 3.05) is 27.2 Å². The number of ketones is 1. The Balaban J connectivity index is 1.82. The number of hydrogen-bond acceptors (Lipinski definition) is 5. The van der Waals surface area contributed by atoms with Gasteiger partial charge in [-0.2, -0.15) is 0 Å². The molecule has 2 aromatic rings. The summed E-state index contributed by atoms with van der Waals surface area (Å²) in [6.45, 7) is 1.25. The van der Waals surface area contributed by atoms with E-state index in [4.69, 9.17) is 4.74 Å². The molecule has 2 atom stereocenters. The van der Waals surface area contributed by atoms with Crippen LogP contribution >= 0.6 is 0 Å². The van der Waals surface area contributed by atoms with Crippen LogP contribution in [0.25, 0.3) is 10.9 Å². The molecule has 0 saturated heterocycles. The van der Waals surface area contributed by atoms with E-state index in [1.54, 1.807) is 18.0 Å². The maximum atomic E-state index is 13.7. The molecule has 0 fully saturated rings. The van der Waals surface area contributed by atoms with E-state index < -0.39 is 17.8 Å². The third-order valence-electron chi connectivity index (χ3n) is 6.45. The third-order valence-corrected chi connectivity index (χ3v) is 6.45. The Kier molecular flexibility index (Phi) is 4.44. The number of methoxy groups -OCH3 is 1. The minimum atomic E-state index is -1.06. The first-order valence-electron chi connectivity index (χ1n) is 10.2. The molecule has 7 nitrogen and oxygen atoms in total. The van der Waals surface area contributed by atoms with Crippen molar-refractivity contribution in [1.29, 1.82) is 0 Å². The monoisotopic (exact) mass is 417 g/mol. The summed E-state index contributed by atoms with van der Waals surface area (Å²) in [5.41, 5.74) is 4.53. The van der Waals surface area contributed by atoms with Gasteiger partial charge in [0.2, 0.25) is 0 Å². The van der Waals surface area contributed by atoms with Gasteiger partial charge in [0.15, 0.2) is 5.78 Å². The van der Waals surface area contributed by atoms with Gasteiger partial charge in [0, 0.05) is 55.6 Å². The fraction of sp³-hybridized carbons (Fsp3) is 0.292. The lowest BCUT2D eigenvalue weighted by atomic mass is 9.74. The molecule has 2 aliphatic heterocycles. The summed E-state index contributed by atoms with van der Waals surface area (Å²) in [6, 6.07) is 7.84. The van der Waals surface area contributed by atoms with Crippen LogP contribution in [0, 0.1) is 5.92 Å². The largest absolute Gasteiger partial charge is 0.468 e. The van der Waals surface area contributed by atoms with Gasteiger partial charge in [-0.05, 0) is 23.3 Å². The van der Waals surface area contributed by atoms with Crippen molar-refractivity contribution >= 4 is 28.6 Å². The molecule has 0 saturated carbocycles. The van der Waals surface area contributed by atoms with Crippen LogP contribution in [0.3, 0.4) is 0 Å². The molecule has 0 bridgehead atoms. The molecule has 1 aliphatic carbocycles. The molecule has 1 amide bonds. The fourth-order valence-electron chi connectivity index (χ4n) is 4.95. The number of likely N-dealkylation sites (N-methyl/N-ethyl adjacent to an activating group) is 1. The Morgan fingerprint density at radius 1 is 1.19 bits per heavy atom. The molecule has 7 heteroatoms. The van der Waals surface area contributed by atoms with E-state index in [9.17, 15) is 14.4 Å². The van der Waals surface area contributed by atoms with Crippen molar-refractivity contribution in [1.82, 2.24) is 14.8 Å². The van der Waals surface area contributed by atoms with Crippen LogP contribution in [0.15, 0.2) is 65.0 Å². The van der Waals surface area contributed by atoms with Gasteiger partial charge in [-0.3, -0.25) is 14.4 Å². The maximum Gasteiger partial charge on any atom is 0.320 e. The van der Waals surface area contributed by atoms with Crippen LogP contribution in [0.1, 0.15) is 11.5 Å². The third kappa shape index (κ3) is 2.73. The Bertz CT molecular complexity index is 1250. The van der Waals surface area contributed by atoms with Crippen molar-refractivity contribution in [2.24, 2.45) is 13.0 Å². The number of benzene rings is 1. The van der Waals surface area contributed by atoms with E-state index in [0.29, 0.717) is 29.9 Å². The molecule has 5 rings (SSSR count). The smallest absolute Gasteiger partial charge is 0.320 e. The van der Waals surface area contributed by atoms with Gasteiger partial charge in [-0.25, -0.2) is 0 Å². The second-order valence-electron chi connectivity index (χ2n) is 8.11. The highest BCUT2D eigenvalue weighted by atomic mass is 16.5. The summed E-state index contributed by atoms with van der Waals surface area (Å²) < 4.78 is 6.90. The molecule has 3 aliphatic rings. The maximum absolute atomic E-state index is 13.7. The van der Waals surface area contributed by atoms with Gasteiger partial charge in [-0.1, -0.05) is 24.3 Å². The summed E-state index contributed by atoms with van der Waals surface area (Å²) in [7, 11) is 4.89. The van der Waals surface area contributed by atoms with Gasteiger partial charge >= 0.3 is 5.97 Å². The number of nitrogens with zero attached hydrogens (tertiary/aromatic N) is 2. The highest BCUT2D eigenvalue weighted by Crippen LogP contribution is 2.48. The van der Waals surface area contributed by atoms with Crippen molar-refractivity contribution < 1.29 is 19.1 Å². The highest BCUT2D eigenvalue weighted by molar-refractivity contribution is 6.14. The number of aryl methyl sites for hydroxylation is 1. The van der Waals surface area contributed by atoms with Crippen LogP contribution in [0.5, 0.6) is 0 Å². The summed E-state index contributed by atoms with van der Waals surface area (Å²) in [5.74, 6) is -2.83. The summed E-state index contributed by atoms with van der Waals surface area (Å²) in [4.78, 5) is 41.1. The van der Waals surface area contributed by atoms with E-state index in [1.807, 2.05) is 48.2 Å². The van der Waals surface area contributed by atoms with E-state index in [0.717, 1.165) is 22.0 Å². The molecule has 0 radical (unpaired) electrons. The molecular weight excluding hydrogens is 394 g/mol. The molecule has 2 unspecified atom stereocenters. The fourth-order valence-corrected chi connectivity index (χ4v) is 4.95. The SMILES string of the molecule is COC(=O)C1C=C2C(=C(C3=CCNC3)C(=O)N2C)C(c2cn(C)c3ccccc23)C1=O. The number of ether oxygens (including phenoxy) is 1. The lowest BCUT2D eigenvalue weighted by Crippen LogP contribution is -2.35. The summed E-state index contributed by atoms with van der Waals surface area (Å²) in [6.07, 6.45) is 5.51. The lowest BCUT2D eigenvalue weighted by molar-refractivity contribution is -0.147. The number of para-hydroxylation sites is 1. The summed E-state index contributed by atoms with van der Waals surface area (Å²) >= 11 is 0. The zero-order valence-electron chi connectivity index (χ0n) is 17.6. The van der Waals surface area contributed by atoms with Gasteiger partial charge < -0.3 is 19.5 Å². The number of hydrogen-bond donors (Lipinski definition) is 1. The predicted molar refractivity (Wildman–Crippen MR) is 115 cm³/mol. The molecule has 1 N–H and O–H groups in total. The number of esters is 1. The first kappa shape index (κ1) is 19.5. The molecule has 1 aromatic carbocycles. The molecule has 3 heterocycles. The number of carbonyl (C=O) groups is 3. The minimum absolute atomic E-state index is 0.153. The van der Waals surface area contributed by atoms with Gasteiger partial charge in [-0.15, -0.1) is 0 Å². The van der Waals surface area contributed by atoms with Crippen LogP contribution in [-0.2, 0) is 26.2 Å². The first-order valence-corrected chi connectivity index (χ1v) is 10.2.